The predicted octanol–water partition coefficient (Wildman–Crippen LogP) is 3.39. The van der Waals surface area contributed by atoms with Gasteiger partial charge < -0.3 is 10.1 Å². The van der Waals surface area contributed by atoms with E-state index in [1.807, 2.05) is 28.9 Å². The zero-order chi connectivity index (χ0) is 18.9. The Bertz CT molecular complexity index is 789. The second-order valence-electron chi connectivity index (χ2n) is 7.74. The van der Waals surface area contributed by atoms with Gasteiger partial charge in [-0.15, -0.1) is 0 Å². The molecule has 1 atom stereocenters. The summed E-state index contributed by atoms with van der Waals surface area (Å²) < 4.78 is 7.19. The number of amides is 1. The third-order valence-corrected chi connectivity index (χ3v) is 6.14. The van der Waals surface area contributed by atoms with Crippen molar-refractivity contribution in [1.29, 1.82) is 0 Å². The Balaban J connectivity index is 1.61. The van der Waals surface area contributed by atoms with E-state index in [1.54, 1.807) is 13.4 Å². The molecule has 0 spiro atoms. The standard InChI is InChI=1S/C21H28N4O2/c1-3-25-19(22-14-23-25)18(15-6-7-15)24-20(26)21(12-4-5-13-21)16-8-10-17(27-2)11-9-16/h8-11,14-15,18H,3-7,12-13H2,1-2H3,(H,24,26)/t18-/m1/s1. The molecule has 2 fully saturated rings. The van der Waals surface area contributed by atoms with Gasteiger partial charge >= 0.3 is 0 Å². The number of ether oxygens (including phenoxy) is 1. The number of rotatable bonds is 7. The van der Waals surface area contributed by atoms with Crippen molar-refractivity contribution in [3.05, 3.63) is 42.0 Å². The van der Waals surface area contributed by atoms with Gasteiger partial charge in [0.25, 0.3) is 0 Å². The average molecular weight is 368 g/mol. The van der Waals surface area contributed by atoms with Crippen molar-refractivity contribution in [2.24, 2.45) is 5.92 Å². The number of hydrogen-bond donors (Lipinski definition) is 1. The fourth-order valence-corrected chi connectivity index (χ4v) is 4.40. The highest BCUT2D eigenvalue weighted by molar-refractivity contribution is 5.89. The quantitative estimate of drug-likeness (QED) is 0.813. The van der Waals surface area contributed by atoms with Crippen LogP contribution in [0.15, 0.2) is 30.6 Å². The van der Waals surface area contributed by atoms with Crippen LogP contribution in [-0.4, -0.2) is 27.8 Å². The van der Waals surface area contributed by atoms with Gasteiger partial charge in [0.05, 0.1) is 18.6 Å². The van der Waals surface area contributed by atoms with Crippen LogP contribution in [-0.2, 0) is 16.8 Å². The molecule has 144 valence electrons. The van der Waals surface area contributed by atoms with Crippen LogP contribution < -0.4 is 10.1 Å². The number of nitrogens with one attached hydrogen (secondary N) is 1. The van der Waals surface area contributed by atoms with Crippen molar-refractivity contribution in [3.63, 3.8) is 0 Å². The van der Waals surface area contributed by atoms with Crippen LogP contribution in [0, 0.1) is 5.92 Å². The van der Waals surface area contributed by atoms with Gasteiger partial charge in [0.15, 0.2) is 0 Å². The zero-order valence-electron chi connectivity index (χ0n) is 16.1. The van der Waals surface area contributed by atoms with Crippen LogP contribution in [0.4, 0.5) is 0 Å². The lowest BCUT2D eigenvalue weighted by molar-refractivity contribution is -0.127. The zero-order valence-corrected chi connectivity index (χ0v) is 16.1. The summed E-state index contributed by atoms with van der Waals surface area (Å²) in [6.07, 6.45) is 7.81. The van der Waals surface area contributed by atoms with E-state index in [0.717, 1.165) is 62.2 Å². The van der Waals surface area contributed by atoms with Crippen LogP contribution in [0.3, 0.4) is 0 Å². The summed E-state index contributed by atoms with van der Waals surface area (Å²) >= 11 is 0. The Kier molecular flexibility index (Phi) is 4.89. The van der Waals surface area contributed by atoms with Gasteiger partial charge in [0, 0.05) is 6.54 Å². The maximum absolute atomic E-state index is 13.6. The molecule has 2 aliphatic carbocycles. The number of carbonyl (C=O) groups is 1. The fourth-order valence-electron chi connectivity index (χ4n) is 4.40. The van der Waals surface area contributed by atoms with E-state index in [4.69, 9.17) is 4.74 Å². The molecule has 0 saturated heterocycles. The minimum atomic E-state index is -0.448. The summed E-state index contributed by atoms with van der Waals surface area (Å²) in [5, 5.41) is 7.68. The van der Waals surface area contributed by atoms with E-state index >= 15 is 0 Å². The number of hydrogen-bond acceptors (Lipinski definition) is 4. The van der Waals surface area contributed by atoms with Crippen molar-refractivity contribution in [2.45, 2.75) is 63.5 Å². The molecule has 1 N–H and O–H groups in total. The number of carbonyl (C=O) groups excluding carboxylic acids is 1. The van der Waals surface area contributed by atoms with Crippen LogP contribution in [0.5, 0.6) is 5.75 Å². The summed E-state index contributed by atoms with van der Waals surface area (Å²) in [6.45, 7) is 2.82. The Morgan fingerprint density at radius 1 is 1.30 bits per heavy atom. The van der Waals surface area contributed by atoms with Gasteiger partial charge in [-0.05, 0) is 56.2 Å². The lowest BCUT2D eigenvalue weighted by atomic mass is 9.77. The summed E-state index contributed by atoms with van der Waals surface area (Å²) in [5.41, 5.74) is 0.640. The summed E-state index contributed by atoms with van der Waals surface area (Å²) in [5.74, 6) is 2.31. The normalized spacial score (nSPS) is 19.6. The van der Waals surface area contributed by atoms with E-state index < -0.39 is 5.41 Å². The van der Waals surface area contributed by atoms with Gasteiger partial charge in [-0.25, -0.2) is 9.67 Å². The topological polar surface area (TPSA) is 69.0 Å². The van der Waals surface area contributed by atoms with Crippen molar-refractivity contribution >= 4 is 5.91 Å². The first-order valence-electron chi connectivity index (χ1n) is 10.0. The number of aromatic nitrogens is 3. The predicted molar refractivity (Wildman–Crippen MR) is 102 cm³/mol. The highest BCUT2D eigenvalue weighted by atomic mass is 16.5. The van der Waals surface area contributed by atoms with E-state index in [2.05, 4.69) is 22.3 Å². The minimum Gasteiger partial charge on any atom is -0.497 e. The molecule has 0 radical (unpaired) electrons. The lowest BCUT2D eigenvalue weighted by Crippen LogP contribution is -2.45. The molecule has 27 heavy (non-hydrogen) atoms. The summed E-state index contributed by atoms with van der Waals surface area (Å²) in [4.78, 5) is 18.0. The molecule has 1 heterocycles. The SMILES string of the molecule is CCn1ncnc1[C@H](NC(=O)C1(c2ccc(OC)cc2)CCCC1)C1CC1. The molecular formula is C21H28N4O2. The molecule has 0 bridgehead atoms. The fraction of sp³-hybridized carbons (Fsp3) is 0.571. The van der Waals surface area contributed by atoms with Crippen molar-refractivity contribution in [3.8, 4) is 5.75 Å². The second-order valence-corrected chi connectivity index (χ2v) is 7.74. The van der Waals surface area contributed by atoms with E-state index in [0.29, 0.717) is 5.92 Å². The highest BCUT2D eigenvalue weighted by Gasteiger charge is 2.45. The molecule has 1 aromatic carbocycles. The van der Waals surface area contributed by atoms with Crippen LogP contribution in [0.25, 0.3) is 0 Å². The third kappa shape index (κ3) is 3.33. The molecule has 1 aromatic heterocycles. The first-order chi connectivity index (χ1) is 13.2. The Hall–Kier alpha value is -2.37. The highest BCUT2D eigenvalue weighted by Crippen LogP contribution is 2.45. The monoisotopic (exact) mass is 368 g/mol. The first kappa shape index (κ1) is 18.0. The van der Waals surface area contributed by atoms with E-state index in [-0.39, 0.29) is 11.9 Å². The largest absolute Gasteiger partial charge is 0.497 e. The second kappa shape index (κ2) is 7.33. The van der Waals surface area contributed by atoms with Crippen LogP contribution in [0.1, 0.15) is 62.9 Å². The van der Waals surface area contributed by atoms with Gasteiger partial charge in [-0.2, -0.15) is 5.10 Å². The van der Waals surface area contributed by atoms with Crippen molar-refractivity contribution < 1.29 is 9.53 Å². The van der Waals surface area contributed by atoms with Crippen LogP contribution in [0.2, 0.25) is 0 Å². The van der Waals surface area contributed by atoms with Gasteiger partial charge in [-0.1, -0.05) is 25.0 Å². The Morgan fingerprint density at radius 3 is 2.59 bits per heavy atom. The smallest absolute Gasteiger partial charge is 0.231 e. The molecule has 2 aromatic rings. The molecule has 4 rings (SSSR count). The molecule has 0 aliphatic heterocycles. The Morgan fingerprint density at radius 2 is 2.00 bits per heavy atom. The molecule has 1 amide bonds. The van der Waals surface area contributed by atoms with Crippen molar-refractivity contribution in [2.75, 3.05) is 7.11 Å². The third-order valence-electron chi connectivity index (χ3n) is 6.14. The molecule has 0 unspecified atom stereocenters. The summed E-state index contributed by atoms with van der Waals surface area (Å²) in [7, 11) is 1.66. The van der Waals surface area contributed by atoms with Crippen molar-refractivity contribution in [1.82, 2.24) is 20.1 Å². The van der Waals surface area contributed by atoms with E-state index in [1.165, 1.54) is 0 Å². The van der Waals surface area contributed by atoms with Gasteiger partial charge in [0.1, 0.15) is 17.9 Å². The number of benzene rings is 1. The van der Waals surface area contributed by atoms with Crippen LogP contribution >= 0.6 is 0 Å². The number of aryl methyl sites for hydroxylation is 1. The van der Waals surface area contributed by atoms with E-state index in [9.17, 15) is 4.79 Å². The summed E-state index contributed by atoms with van der Waals surface area (Å²) in [6, 6.07) is 7.95. The molecule has 6 heteroatoms. The number of nitrogens with zero attached hydrogens (tertiary/aromatic N) is 3. The Labute approximate surface area is 160 Å². The molecule has 2 aliphatic rings. The first-order valence-corrected chi connectivity index (χ1v) is 10.0. The van der Waals surface area contributed by atoms with Gasteiger partial charge in [-0.3, -0.25) is 4.79 Å². The maximum Gasteiger partial charge on any atom is 0.231 e. The lowest BCUT2D eigenvalue weighted by Gasteiger charge is -2.31. The maximum atomic E-state index is 13.6. The number of methoxy groups -OCH3 is 1. The molecular weight excluding hydrogens is 340 g/mol. The van der Waals surface area contributed by atoms with Gasteiger partial charge in [0.2, 0.25) is 5.91 Å². The molecule has 6 nitrogen and oxygen atoms in total. The average Bonchev–Trinajstić information content (AvgIpc) is 3.22. The molecule has 2 saturated carbocycles. The minimum absolute atomic E-state index is 0.0457.